The van der Waals surface area contributed by atoms with Crippen molar-refractivity contribution in [2.45, 2.75) is 30.2 Å². The van der Waals surface area contributed by atoms with Gasteiger partial charge in [0.05, 0.1) is 11.1 Å². The predicted octanol–water partition coefficient (Wildman–Crippen LogP) is 3.71. The third-order valence-corrected chi connectivity index (χ3v) is 4.32. The van der Waals surface area contributed by atoms with Gasteiger partial charge in [-0.05, 0) is 44.7 Å². The Morgan fingerprint density at radius 3 is 2.76 bits per heavy atom. The Morgan fingerprint density at radius 1 is 1.47 bits per heavy atom. The van der Waals surface area contributed by atoms with E-state index in [4.69, 9.17) is 16.9 Å². The molecule has 0 fully saturated rings. The fourth-order valence-corrected chi connectivity index (χ4v) is 2.60. The van der Waals surface area contributed by atoms with Crippen molar-refractivity contribution >= 4 is 23.4 Å². The van der Waals surface area contributed by atoms with E-state index in [1.807, 2.05) is 38.2 Å². The van der Waals surface area contributed by atoms with Crippen molar-refractivity contribution in [3.63, 3.8) is 0 Å². The lowest BCUT2D eigenvalue weighted by Crippen LogP contribution is -2.37. The number of nitrogens with zero attached hydrogens (tertiary/aromatic N) is 1. The summed E-state index contributed by atoms with van der Waals surface area (Å²) in [5.74, 6) is 0.975. The minimum Gasteiger partial charge on any atom is -0.303 e. The quantitative estimate of drug-likeness (QED) is 0.631. The molecule has 0 bridgehead atoms. The summed E-state index contributed by atoms with van der Waals surface area (Å²) in [7, 11) is 1.82. The minimum atomic E-state index is -0.416. The molecule has 4 heteroatoms. The number of hydrogen-bond donors (Lipinski definition) is 1. The van der Waals surface area contributed by atoms with Crippen LogP contribution in [0.2, 0.25) is 5.02 Å². The summed E-state index contributed by atoms with van der Waals surface area (Å²) in [6.45, 7) is 1.92. The Balaban J connectivity index is 2.35. The first-order chi connectivity index (χ1) is 8.11. The van der Waals surface area contributed by atoms with Gasteiger partial charge in [0, 0.05) is 4.90 Å². The molecule has 0 aromatic heterocycles. The molecule has 1 unspecified atom stereocenters. The molecule has 1 aromatic carbocycles. The highest BCUT2D eigenvalue weighted by molar-refractivity contribution is 7.99. The van der Waals surface area contributed by atoms with Gasteiger partial charge < -0.3 is 5.32 Å². The molecule has 17 heavy (non-hydrogen) atoms. The molecular formula is C13H17ClN2S. The van der Waals surface area contributed by atoms with E-state index in [0.29, 0.717) is 0 Å². The maximum absolute atomic E-state index is 9.01. The van der Waals surface area contributed by atoms with Gasteiger partial charge in [-0.3, -0.25) is 0 Å². The monoisotopic (exact) mass is 268 g/mol. The number of benzene rings is 1. The number of nitriles is 1. The average Bonchev–Trinajstić information content (AvgIpc) is 2.36. The Hall–Kier alpha value is -0.690. The Morgan fingerprint density at radius 2 is 2.18 bits per heavy atom. The van der Waals surface area contributed by atoms with Crippen LogP contribution in [0.15, 0.2) is 29.2 Å². The highest BCUT2D eigenvalue weighted by Gasteiger charge is 2.19. The fourth-order valence-electron chi connectivity index (χ4n) is 1.41. The van der Waals surface area contributed by atoms with Crippen molar-refractivity contribution in [3.8, 4) is 6.07 Å². The molecule has 1 atom stereocenters. The topological polar surface area (TPSA) is 35.8 Å². The van der Waals surface area contributed by atoms with Crippen LogP contribution in [0.1, 0.15) is 19.8 Å². The van der Waals surface area contributed by atoms with E-state index in [2.05, 4.69) is 11.4 Å². The summed E-state index contributed by atoms with van der Waals surface area (Å²) in [6, 6.07) is 10.1. The lowest BCUT2D eigenvalue weighted by Gasteiger charge is -2.20. The highest BCUT2D eigenvalue weighted by atomic mass is 35.5. The third kappa shape index (κ3) is 4.59. The van der Waals surface area contributed by atoms with Crippen molar-refractivity contribution in [2.75, 3.05) is 12.8 Å². The first-order valence-corrected chi connectivity index (χ1v) is 6.95. The summed E-state index contributed by atoms with van der Waals surface area (Å²) < 4.78 is 0. The van der Waals surface area contributed by atoms with E-state index in [1.54, 1.807) is 11.8 Å². The molecule has 0 heterocycles. The van der Waals surface area contributed by atoms with Gasteiger partial charge in [-0.15, -0.1) is 11.8 Å². The van der Waals surface area contributed by atoms with Crippen molar-refractivity contribution in [2.24, 2.45) is 0 Å². The summed E-state index contributed by atoms with van der Waals surface area (Å²) in [5.41, 5.74) is -0.416. The Labute approximate surface area is 112 Å². The van der Waals surface area contributed by atoms with Gasteiger partial charge in [0.1, 0.15) is 5.54 Å². The van der Waals surface area contributed by atoms with Crippen LogP contribution in [0.25, 0.3) is 0 Å². The standard InChI is InChI=1S/C13H17ClN2S/c1-13(10-15,16-2)8-5-9-17-12-7-4-3-6-11(12)14/h3-4,6-7,16H,5,8-9H2,1-2H3. The molecule has 0 saturated heterocycles. The van der Waals surface area contributed by atoms with E-state index in [-0.39, 0.29) is 0 Å². The first kappa shape index (κ1) is 14.4. The third-order valence-electron chi connectivity index (χ3n) is 2.71. The number of nitrogens with one attached hydrogen (secondary N) is 1. The summed E-state index contributed by atoms with van der Waals surface area (Å²) in [5, 5.41) is 12.8. The van der Waals surface area contributed by atoms with Gasteiger partial charge in [-0.1, -0.05) is 23.7 Å². The summed E-state index contributed by atoms with van der Waals surface area (Å²) >= 11 is 7.80. The van der Waals surface area contributed by atoms with Crippen LogP contribution in [-0.2, 0) is 0 Å². The zero-order valence-corrected chi connectivity index (χ0v) is 11.7. The first-order valence-electron chi connectivity index (χ1n) is 5.59. The molecule has 0 aliphatic carbocycles. The largest absolute Gasteiger partial charge is 0.303 e. The molecule has 1 aromatic rings. The molecule has 0 aliphatic heterocycles. The molecule has 0 amide bonds. The van der Waals surface area contributed by atoms with Crippen LogP contribution < -0.4 is 5.32 Å². The molecule has 0 radical (unpaired) electrons. The predicted molar refractivity (Wildman–Crippen MR) is 74.5 cm³/mol. The number of thioether (sulfide) groups is 1. The second-order valence-electron chi connectivity index (χ2n) is 4.08. The van der Waals surface area contributed by atoms with E-state index in [0.717, 1.165) is 28.5 Å². The van der Waals surface area contributed by atoms with Crippen molar-refractivity contribution < 1.29 is 0 Å². The van der Waals surface area contributed by atoms with Gasteiger partial charge >= 0.3 is 0 Å². The number of hydrogen-bond acceptors (Lipinski definition) is 3. The average molecular weight is 269 g/mol. The van der Waals surface area contributed by atoms with Crippen LogP contribution in [0.3, 0.4) is 0 Å². The van der Waals surface area contributed by atoms with Crippen LogP contribution in [0.5, 0.6) is 0 Å². The minimum absolute atomic E-state index is 0.416. The van der Waals surface area contributed by atoms with Gasteiger partial charge in [0.25, 0.3) is 0 Å². The van der Waals surface area contributed by atoms with E-state index < -0.39 is 5.54 Å². The summed E-state index contributed by atoms with van der Waals surface area (Å²) in [4.78, 5) is 1.11. The van der Waals surface area contributed by atoms with Gasteiger partial charge in [-0.25, -0.2) is 0 Å². The molecule has 1 rings (SSSR count). The lowest BCUT2D eigenvalue weighted by molar-refractivity contribution is 0.451. The van der Waals surface area contributed by atoms with Crippen LogP contribution >= 0.6 is 23.4 Å². The molecule has 1 N–H and O–H groups in total. The maximum atomic E-state index is 9.01. The van der Waals surface area contributed by atoms with Gasteiger partial charge in [-0.2, -0.15) is 5.26 Å². The summed E-state index contributed by atoms with van der Waals surface area (Å²) in [6.07, 6.45) is 1.83. The molecule has 0 saturated carbocycles. The molecule has 0 spiro atoms. The van der Waals surface area contributed by atoms with Crippen LogP contribution in [-0.4, -0.2) is 18.3 Å². The molecular weight excluding hydrogens is 252 g/mol. The van der Waals surface area contributed by atoms with Crippen molar-refractivity contribution in [1.29, 1.82) is 5.26 Å². The maximum Gasteiger partial charge on any atom is 0.103 e. The normalized spacial score (nSPS) is 14.0. The molecule has 92 valence electrons. The SMILES string of the molecule is CNC(C)(C#N)CCCSc1ccccc1Cl. The smallest absolute Gasteiger partial charge is 0.103 e. The zero-order chi connectivity index (χ0) is 12.7. The zero-order valence-electron chi connectivity index (χ0n) is 10.2. The van der Waals surface area contributed by atoms with Crippen LogP contribution in [0.4, 0.5) is 0 Å². The van der Waals surface area contributed by atoms with E-state index in [9.17, 15) is 0 Å². The Kier molecular flexibility index (Phi) is 5.84. The van der Waals surface area contributed by atoms with Gasteiger partial charge in [0.2, 0.25) is 0 Å². The second-order valence-corrected chi connectivity index (χ2v) is 5.62. The van der Waals surface area contributed by atoms with Crippen LogP contribution in [0, 0.1) is 11.3 Å². The van der Waals surface area contributed by atoms with Crippen molar-refractivity contribution in [1.82, 2.24) is 5.32 Å². The number of halogens is 1. The lowest BCUT2D eigenvalue weighted by atomic mass is 9.99. The van der Waals surface area contributed by atoms with E-state index in [1.165, 1.54) is 0 Å². The van der Waals surface area contributed by atoms with Gasteiger partial charge in [0.15, 0.2) is 0 Å². The molecule has 0 aliphatic rings. The van der Waals surface area contributed by atoms with E-state index >= 15 is 0 Å². The Bertz CT molecular complexity index is 403. The van der Waals surface area contributed by atoms with Crippen molar-refractivity contribution in [3.05, 3.63) is 29.3 Å². The second kappa shape index (κ2) is 6.90. The highest BCUT2D eigenvalue weighted by Crippen LogP contribution is 2.27. The fraction of sp³-hybridized carbons (Fsp3) is 0.462. The number of rotatable bonds is 6. The molecule has 2 nitrogen and oxygen atoms in total.